The molecule has 3 heterocycles. The predicted octanol–water partition coefficient (Wildman–Crippen LogP) is 5.51. The van der Waals surface area contributed by atoms with E-state index in [1.165, 1.54) is 18.2 Å². The Bertz CT molecular complexity index is 1280. The van der Waals surface area contributed by atoms with Crippen LogP contribution in [0, 0.1) is 11.6 Å². The number of rotatable bonds is 3. The second-order valence-corrected chi connectivity index (χ2v) is 6.70. The number of aryl methyl sites for hydroxylation is 1. The summed E-state index contributed by atoms with van der Waals surface area (Å²) in [5, 5.41) is 5.44. The molecule has 2 N–H and O–H groups in total. The van der Waals surface area contributed by atoms with Gasteiger partial charge in [-0.05, 0) is 48.5 Å². The molecule has 0 aliphatic rings. The van der Waals surface area contributed by atoms with Crippen molar-refractivity contribution in [3.8, 4) is 33.9 Å². The number of aromatic amines is 2. The van der Waals surface area contributed by atoms with Crippen LogP contribution in [0.4, 0.5) is 8.78 Å². The van der Waals surface area contributed by atoms with Crippen LogP contribution in [0.1, 0.15) is 0 Å². The summed E-state index contributed by atoms with van der Waals surface area (Å²) in [6, 6.07) is 17.4. The molecule has 0 amide bonds. The quantitative estimate of drug-likeness (QED) is 0.430. The average Bonchev–Trinajstić information content (AvgIpc) is 3.40. The van der Waals surface area contributed by atoms with Gasteiger partial charge in [-0.25, -0.2) is 8.78 Å². The number of H-pyrrole nitrogens is 2. The predicted molar refractivity (Wildman–Crippen MR) is 106 cm³/mol. The van der Waals surface area contributed by atoms with E-state index < -0.39 is 11.6 Å². The summed E-state index contributed by atoms with van der Waals surface area (Å²) in [6.07, 6.45) is 1.86. The van der Waals surface area contributed by atoms with Crippen molar-refractivity contribution in [1.29, 1.82) is 0 Å². The number of aromatic nitrogens is 4. The van der Waals surface area contributed by atoms with Crippen LogP contribution in [0.3, 0.4) is 0 Å². The van der Waals surface area contributed by atoms with Crippen molar-refractivity contribution in [2.45, 2.75) is 0 Å². The average molecular weight is 374 g/mol. The molecule has 0 atom stereocenters. The van der Waals surface area contributed by atoms with Crippen LogP contribution < -0.4 is 0 Å². The van der Waals surface area contributed by atoms with E-state index >= 15 is 0 Å². The summed E-state index contributed by atoms with van der Waals surface area (Å²) in [4.78, 5) is 6.26. The lowest BCUT2D eigenvalue weighted by Crippen LogP contribution is -1.93. The monoisotopic (exact) mass is 374 g/mol. The van der Waals surface area contributed by atoms with Crippen molar-refractivity contribution in [2.75, 3.05) is 0 Å². The Morgan fingerprint density at radius 2 is 1.71 bits per heavy atom. The van der Waals surface area contributed by atoms with Crippen molar-refractivity contribution >= 4 is 10.9 Å². The van der Waals surface area contributed by atoms with Crippen LogP contribution in [0.2, 0.25) is 0 Å². The highest BCUT2D eigenvalue weighted by Crippen LogP contribution is 2.32. The zero-order valence-electron chi connectivity index (χ0n) is 15.0. The van der Waals surface area contributed by atoms with Crippen molar-refractivity contribution in [1.82, 2.24) is 19.7 Å². The fourth-order valence-electron chi connectivity index (χ4n) is 3.54. The van der Waals surface area contributed by atoms with Gasteiger partial charge in [-0.3, -0.25) is 4.68 Å². The molecule has 2 aromatic carbocycles. The first kappa shape index (κ1) is 16.5. The summed E-state index contributed by atoms with van der Waals surface area (Å²) < 4.78 is 30.1. The first-order valence-corrected chi connectivity index (χ1v) is 8.85. The Morgan fingerprint density at radius 1 is 0.893 bits per heavy atom. The van der Waals surface area contributed by atoms with Crippen LogP contribution >= 0.6 is 0 Å². The van der Waals surface area contributed by atoms with Crippen molar-refractivity contribution < 1.29 is 8.78 Å². The molecule has 0 radical (unpaired) electrons. The summed E-state index contributed by atoms with van der Waals surface area (Å²) in [5.74, 6) is -1.18. The topological polar surface area (TPSA) is 49.4 Å². The lowest BCUT2D eigenvalue weighted by molar-refractivity contribution is 0.589. The van der Waals surface area contributed by atoms with Gasteiger partial charge in [0.2, 0.25) is 0 Å². The second-order valence-electron chi connectivity index (χ2n) is 6.70. The van der Waals surface area contributed by atoms with E-state index in [4.69, 9.17) is 0 Å². The van der Waals surface area contributed by atoms with Crippen molar-refractivity contribution in [3.63, 3.8) is 0 Å². The molecule has 5 aromatic rings. The van der Waals surface area contributed by atoms with Crippen LogP contribution in [-0.2, 0) is 7.05 Å². The molecule has 4 nitrogen and oxygen atoms in total. The molecule has 0 bridgehead atoms. The zero-order valence-corrected chi connectivity index (χ0v) is 15.0. The Labute approximate surface area is 159 Å². The van der Waals surface area contributed by atoms with Gasteiger partial charge in [-0.2, -0.15) is 5.10 Å². The van der Waals surface area contributed by atoms with Gasteiger partial charge >= 0.3 is 0 Å². The van der Waals surface area contributed by atoms with E-state index in [0.717, 1.165) is 33.5 Å². The molecular formula is C22H16F2N4. The van der Waals surface area contributed by atoms with Gasteiger partial charge in [0.15, 0.2) is 0 Å². The highest BCUT2D eigenvalue weighted by Gasteiger charge is 2.15. The molecule has 138 valence electrons. The third-order valence-electron chi connectivity index (χ3n) is 4.90. The number of fused-ring (bicyclic) bond motifs is 1. The van der Waals surface area contributed by atoms with Crippen LogP contribution in [-0.4, -0.2) is 19.7 Å². The maximum Gasteiger partial charge on any atom is 0.135 e. The minimum Gasteiger partial charge on any atom is -0.360 e. The van der Waals surface area contributed by atoms with Gasteiger partial charge in [-0.15, -0.1) is 0 Å². The molecule has 0 fully saturated rings. The maximum atomic E-state index is 14.1. The van der Waals surface area contributed by atoms with Crippen LogP contribution in [0.5, 0.6) is 0 Å². The highest BCUT2D eigenvalue weighted by molar-refractivity contribution is 5.89. The minimum absolute atomic E-state index is 0.0465. The number of nitrogens with zero attached hydrogens (tertiary/aromatic N) is 2. The first-order valence-electron chi connectivity index (χ1n) is 8.85. The minimum atomic E-state index is -0.589. The molecule has 0 unspecified atom stereocenters. The summed E-state index contributed by atoms with van der Waals surface area (Å²) in [5.41, 5.74) is 4.90. The number of nitrogens with one attached hydrogen (secondary N) is 2. The largest absolute Gasteiger partial charge is 0.360 e. The number of benzene rings is 2. The molecule has 0 aliphatic carbocycles. The maximum absolute atomic E-state index is 14.1. The SMILES string of the molecule is Cn1nc(-c2ccc[nH]2)cc1-c1ccc2[nH]c(-c3c(F)cccc3F)cc2c1. The molecule has 28 heavy (non-hydrogen) atoms. The van der Waals surface area contributed by atoms with Gasteiger partial charge in [0, 0.05) is 29.7 Å². The van der Waals surface area contributed by atoms with Gasteiger partial charge < -0.3 is 9.97 Å². The molecule has 3 aromatic heterocycles. The third-order valence-corrected chi connectivity index (χ3v) is 4.90. The highest BCUT2D eigenvalue weighted by atomic mass is 19.1. The fraction of sp³-hybridized carbons (Fsp3) is 0.0455. The lowest BCUT2D eigenvalue weighted by Gasteiger charge is -2.01. The Kier molecular flexibility index (Phi) is 3.65. The van der Waals surface area contributed by atoms with E-state index in [1.54, 1.807) is 6.07 Å². The van der Waals surface area contributed by atoms with Crippen LogP contribution in [0.25, 0.3) is 44.8 Å². The van der Waals surface area contributed by atoms with E-state index in [1.807, 2.05) is 54.3 Å². The van der Waals surface area contributed by atoms with Crippen LogP contribution in [0.15, 0.2) is 66.9 Å². The van der Waals surface area contributed by atoms with E-state index in [9.17, 15) is 8.78 Å². The smallest absolute Gasteiger partial charge is 0.135 e. The molecule has 6 heteroatoms. The summed E-state index contributed by atoms with van der Waals surface area (Å²) >= 11 is 0. The van der Waals surface area contributed by atoms with E-state index in [0.29, 0.717) is 5.69 Å². The third kappa shape index (κ3) is 2.62. The molecule has 0 aliphatic heterocycles. The number of hydrogen-bond acceptors (Lipinski definition) is 1. The normalized spacial score (nSPS) is 11.4. The molecule has 0 saturated heterocycles. The van der Waals surface area contributed by atoms with Gasteiger partial charge in [-0.1, -0.05) is 12.1 Å². The molecule has 0 saturated carbocycles. The van der Waals surface area contributed by atoms with Gasteiger partial charge in [0.25, 0.3) is 0 Å². The van der Waals surface area contributed by atoms with Gasteiger partial charge in [0.1, 0.15) is 17.3 Å². The van der Waals surface area contributed by atoms with Gasteiger partial charge in [0.05, 0.1) is 22.6 Å². The molecular weight excluding hydrogens is 358 g/mol. The number of hydrogen-bond donors (Lipinski definition) is 2. The lowest BCUT2D eigenvalue weighted by atomic mass is 10.1. The van der Waals surface area contributed by atoms with Crippen molar-refractivity contribution in [3.05, 3.63) is 78.5 Å². The molecule has 0 spiro atoms. The number of halogens is 2. The Balaban J connectivity index is 1.60. The Hall–Kier alpha value is -3.67. The second kappa shape index (κ2) is 6.20. The van der Waals surface area contributed by atoms with E-state index in [2.05, 4.69) is 15.1 Å². The standard InChI is InChI=1S/C22H16F2N4/c1-28-21(12-19(27-28)18-6-3-9-25-18)13-7-8-17-14(10-13)11-20(26-17)22-15(23)4-2-5-16(22)24/h2-12,25-26H,1H3. The Morgan fingerprint density at radius 3 is 2.46 bits per heavy atom. The summed E-state index contributed by atoms with van der Waals surface area (Å²) in [6.45, 7) is 0. The molecule has 5 rings (SSSR count). The van der Waals surface area contributed by atoms with E-state index in [-0.39, 0.29) is 5.56 Å². The first-order chi connectivity index (χ1) is 13.6. The summed E-state index contributed by atoms with van der Waals surface area (Å²) in [7, 11) is 1.89. The van der Waals surface area contributed by atoms with Crippen molar-refractivity contribution in [2.24, 2.45) is 7.05 Å². The fourth-order valence-corrected chi connectivity index (χ4v) is 3.54. The zero-order chi connectivity index (χ0) is 19.3.